The summed E-state index contributed by atoms with van der Waals surface area (Å²) >= 11 is 0. The quantitative estimate of drug-likeness (QED) is 0.841. The zero-order valence-electron chi connectivity index (χ0n) is 11.9. The third kappa shape index (κ3) is 3.36. The summed E-state index contributed by atoms with van der Waals surface area (Å²) in [5, 5.41) is 3.29. The first-order chi connectivity index (χ1) is 8.70. The van der Waals surface area contributed by atoms with E-state index in [-0.39, 0.29) is 0 Å². The second kappa shape index (κ2) is 6.39. The van der Waals surface area contributed by atoms with Gasteiger partial charge in [-0.25, -0.2) is 0 Å². The summed E-state index contributed by atoms with van der Waals surface area (Å²) in [6.45, 7) is 10.8. The Bertz CT molecular complexity index is 359. The summed E-state index contributed by atoms with van der Waals surface area (Å²) in [6.07, 6.45) is 2.66. The molecule has 1 aliphatic heterocycles. The number of likely N-dealkylation sites (tertiary alicyclic amines) is 1. The van der Waals surface area contributed by atoms with Crippen LogP contribution in [0.15, 0.2) is 16.5 Å². The third-order valence-electron chi connectivity index (χ3n) is 3.81. The average molecular weight is 250 g/mol. The van der Waals surface area contributed by atoms with Gasteiger partial charge < -0.3 is 9.73 Å². The molecule has 1 N–H and O–H groups in total. The number of nitrogens with zero attached hydrogens (tertiary/aromatic N) is 1. The lowest BCUT2D eigenvalue weighted by atomic mass is 10.0. The first kappa shape index (κ1) is 13.6. The second-order valence-corrected chi connectivity index (χ2v) is 5.57. The van der Waals surface area contributed by atoms with Gasteiger partial charge in [0.2, 0.25) is 0 Å². The van der Waals surface area contributed by atoms with Gasteiger partial charge in [0.1, 0.15) is 11.5 Å². The lowest BCUT2D eigenvalue weighted by Gasteiger charge is -2.26. The van der Waals surface area contributed by atoms with Gasteiger partial charge in [-0.05, 0) is 44.0 Å². The molecule has 0 aromatic carbocycles. The molecule has 0 bridgehead atoms. The molecule has 0 saturated carbocycles. The average Bonchev–Trinajstić information content (AvgIpc) is 2.96. The van der Waals surface area contributed by atoms with Gasteiger partial charge in [0, 0.05) is 6.04 Å². The van der Waals surface area contributed by atoms with Crippen LogP contribution in [0.2, 0.25) is 0 Å². The van der Waals surface area contributed by atoms with Gasteiger partial charge in [-0.2, -0.15) is 0 Å². The topological polar surface area (TPSA) is 28.4 Å². The molecule has 3 heteroatoms. The molecular weight excluding hydrogens is 224 g/mol. The van der Waals surface area contributed by atoms with Gasteiger partial charge >= 0.3 is 0 Å². The summed E-state index contributed by atoms with van der Waals surface area (Å²) in [6, 6.07) is 4.95. The maximum absolute atomic E-state index is 5.87. The zero-order valence-corrected chi connectivity index (χ0v) is 11.9. The van der Waals surface area contributed by atoms with Crippen molar-refractivity contribution in [1.29, 1.82) is 0 Å². The van der Waals surface area contributed by atoms with Crippen LogP contribution >= 0.6 is 0 Å². The molecule has 2 rings (SSSR count). The van der Waals surface area contributed by atoms with E-state index in [1.165, 1.54) is 19.4 Å². The molecule has 1 atom stereocenters. The van der Waals surface area contributed by atoms with Crippen molar-refractivity contribution in [2.45, 2.75) is 52.7 Å². The Balaban J connectivity index is 1.90. The van der Waals surface area contributed by atoms with E-state index in [9.17, 15) is 0 Å². The number of hydrogen-bond donors (Lipinski definition) is 1. The minimum atomic E-state index is 0.729. The lowest BCUT2D eigenvalue weighted by Crippen LogP contribution is -2.32. The molecule has 1 fully saturated rings. The van der Waals surface area contributed by atoms with Crippen molar-refractivity contribution < 1.29 is 4.42 Å². The Morgan fingerprint density at radius 1 is 1.39 bits per heavy atom. The van der Waals surface area contributed by atoms with E-state index in [2.05, 4.69) is 43.1 Å². The van der Waals surface area contributed by atoms with Crippen molar-refractivity contribution >= 4 is 0 Å². The van der Waals surface area contributed by atoms with Crippen LogP contribution in [0.3, 0.4) is 0 Å². The molecule has 3 nitrogen and oxygen atoms in total. The predicted octanol–water partition coefficient (Wildman–Crippen LogP) is 3.01. The first-order valence-corrected chi connectivity index (χ1v) is 7.23. The molecule has 0 aliphatic carbocycles. The van der Waals surface area contributed by atoms with Crippen LogP contribution in [0.4, 0.5) is 0 Å². The highest BCUT2D eigenvalue weighted by Crippen LogP contribution is 2.25. The van der Waals surface area contributed by atoms with Gasteiger partial charge in [0.05, 0.1) is 13.1 Å². The zero-order chi connectivity index (χ0) is 13.0. The second-order valence-electron chi connectivity index (χ2n) is 5.57. The number of furan rings is 1. The number of rotatable bonds is 6. The molecule has 0 amide bonds. The molecule has 1 aliphatic rings. The lowest BCUT2D eigenvalue weighted by molar-refractivity contribution is 0.184. The molecule has 102 valence electrons. The number of nitrogens with one attached hydrogen (secondary N) is 1. The molecule has 0 radical (unpaired) electrons. The van der Waals surface area contributed by atoms with Crippen LogP contribution in [0.1, 0.15) is 45.1 Å². The third-order valence-corrected chi connectivity index (χ3v) is 3.81. The van der Waals surface area contributed by atoms with Crippen LogP contribution in [-0.2, 0) is 13.1 Å². The van der Waals surface area contributed by atoms with Crippen LogP contribution in [0, 0.1) is 5.92 Å². The molecule has 0 spiro atoms. The summed E-state index contributed by atoms with van der Waals surface area (Å²) in [4.78, 5) is 2.57. The van der Waals surface area contributed by atoms with E-state index >= 15 is 0 Å². The molecule has 2 heterocycles. The summed E-state index contributed by atoms with van der Waals surface area (Å²) in [7, 11) is 0. The Morgan fingerprint density at radius 3 is 2.89 bits per heavy atom. The molecule has 1 unspecified atom stereocenters. The summed E-state index contributed by atoms with van der Waals surface area (Å²) in [5.41, 5.74) is 0. The van der Waals surface area contributed by atoms with Crippen molar-refractivity contribution in [1.82, 2.24) is 10.2 Å². The Kier molecular flexibility index (Phi) is 4.84. The van der Waals surface area contributed by atoms with E-state index in [1.54, 1.807) is 0 Å². The molecule has 1 aromatic heterocycles. The highest BCUT2D eigenvalue weighted by molar-refractivity contribution is 5.07. The van der Waals surface area contributed by atoms with Crippen molar-refractivity contribution in [3.63, 3.8) is 0 Å². The fourth-order valence-corrected chi connectivity index (χ4v) is 2.85. The minimum Gasteiger partial charge on any atom is -0.463 e. The smallest absolute Gasteiger partial charge is 0.118 e. The fourth-order valence-electron chi connectivity index (χ4n) is 2.85. The molecule has 18 heavy (non-hydrogen) atoms. The summed E-state index contributed by atoms with van der Waals surface area (Å²) < 4.78 is 5.87. The van der Waals surface area contributed by atoms with Crippen molar-refractivity contribution in [3.05, 3.63) is 23.7 Å². The van der Waals surface area contributed by atoms with E-state index in [4.69, 9.17) is 4.42 Å². The standard InChI is InChI=1S/C15H26N2O/c1-4-16-10-13-7-8-14(18-13)11-17-9-5-6-15(17)12(2)3/h7-8,12,15-16H,4-6,9-11H2,1-3H3. The van der Waals surface area contributed by atoms with Gasteiger partial charge in [-0.1, -0.05) is 20.8 Å². The highest BCUT2D eigenvalue weighted by Gasteiger charge is 2.27. The highest BCUT2D eigenvalue weighted by atomic mass is 16.3. The maximum atomic E-state index is 5.87. The SMILES string of the molecule is CCNCc1ccc(CN2CCCC2C(C)C)o1. The fraction of sp³-hybridized carbons (Fsp3) is 0.733. The van der Waals surface area contributed by atoms with Gasteiger partial charge in [-0.15, -0.1) is 0 Å². The van der Waals surface area contributed by atoms with Crippen molar-refractivity contribution in [2.24, 2.45) is 5.92 Å². The summed E-state index contributed by atoms with van der Waals surface area (Å²) in [5.74, 6) is 2.89. The number of hydrogen-bond acceptors (Lipinski definition) is 3. The Morgan fingerprint density at radius 2 is 2.17 bits per heavy atom. The predicted molar refractivity (Wildman–Crippen MR) is 74.4 cm³/mol. The van der Waals surface area contributed by atoms with E-state index < -0.39 is 0 Å². The van der Waals surface area contributed by atoms with Crippen molar-refractivity contribution in [2.75, 3.05) is 13.1 Å². The van der Waals surface area contributed by atoms with Crippen LogP contribution < -0.4 is 5.32 Å². The largest absolute Gasteiger partial charge is 0.463 e. The molecule has 1 saturated heterocycles. The van der Waals surface area contributed by atoms with Gasteiger partial charge in [-0.3, -0.25) is 4.90 Å². The van der Waals surface area contributed by atoms with Crippen molar-refractivity contribution in [3.8, 4) is 0 Å². The monoisotopic (exact) mass is 250 g/mol. The Labute approximate surface area is 111 Å². The maximum Gasteiger partial charge on any atom is 0.118 e. The van der Waals surface area contributed by atoms with Crippen LogP contribution in [0.25, 0.3) is 0 Å². The van der Waals surface area contributed by atoms with Gasteiger partial charge in [0.15, 0.2) is 0 Å². The van der Waals surface area contributed by atoms with Crippen LogP contribution in [0.5, 0.6) is 0 Å². The minimum absolute atomic E-state index is 0.729. The molecule has 1 aromatic rings. The van der Waals surface area contributed by atoms with E-state index in [1.807, 2.05) is 0 Å². The first-order valence-electron chi connectivity index (χ1n) is 7.23. The normalized spacial score (nSPS) is 21.0. The molecular formula is C15H26N2O. The Hall–Kier alpha value is -0.800. The van der Waals surface area contributed by atoms with E-state index in [0.717, 1.165) is 43.1 Å². The van der Waals surface area contributed by atoms with Crippen LogP contribution in [-0.4, -0.2) is 24.0 Å². The van der Waals surface area contributed by atoms with Gasteiger partial charge in [0.25, 0.3) is 0 Å². The van der Waals surface area contributed by atoms with E-state index in [0.29, 0.717) is 0 Å².